The first kappa shape index (κ1) is 18.7. The molecule has 4 aromatic rings. The van der Waals surface area contributed by atoms with Gasteiger partial charge >= 0.3 is 6.18 Å². The van der Waals surface area contributed by atoms with Crippen molar-refractivity contribution in [2.24, 2.45) is 5.92 Å². The largest absolute Gasteiger partial charge is 0.441 e. The summed E-state index contributed by atoms with van der Waals surface area (Å²) < 4.78 is 45.9. The molecule has 0 fully saturated rings. The van der Waals surface area contributed by atoms with E-state index < -0.39 is 12.1 Å². The smallest absolute Gasteiger partial charge is 0.392 e. The molecule has 4 rings (SSSR count). The Balaban J connectivity index is 1.76. The molecule has 1 unspecified atom stereocenters. The quantitative estimate of drug-likeness (QED) is 0.500. The SMILES string of the molecule is CC(Cc1ncc(-c2ccc(C#N)nc2-c2ccn3ccnc3c2)o1)C(F)(F)F. The summed E-state index contributed by atoms with van der Waals surface area (Å²) in [5.41, 5.74) is 2.57. The first-order chi connectivity index (χ1) is 13.8. The van der Waals surface area contributed by atoms with Crippen molar-refractivity contribution >= 4 is 5.65 Å². The Kier molecular flexibility index (Phi) is 4.54. The number of pyridine rings is 2. The Labute approximate surface area is 163 Å². The monoisotopic (exact) mass is 397 g/mol. The summed E-state index contributed by atoms with van der Waals surface area (Å²) in [4.78, 5) is 12.6. The molecule has 0 amide bonds. The average molecular weight is 397 g/mol. The normalized spacial score (nSPS) is 12.8. The molecule has 0 spiro atoms. The summed E-state index contributed by atoms with van der Waals surface area (Å²) >= 11 is 0. The number of halogens is 3. The minimum atomic E-state index is -4.32. The summed E-state index contributed by atoms with van der Waals surface area (Å²) in [6, 6.07) is 8.77. The minimum absolute atomic E-state index is 0.0103. The second-order valence-electron chi connectivity index (χ2n) is 6.58. The third kappa shape index (κ3) is 3.69. The van der Waals surface area contributed by atoms with E-state index in [9.17, 15) is 18.4 Å². The number of nitrogens with zero attached hydrogens (tertiary/aromatic N) is 5. The molecular weight excluding hydrogens is 383 g/mol. The number of oxazole rings is 1. The third-order valence-corrected chi connectivity index (χ3v) is 4.54. The van der Waals surface area contributed by atoms with E-state index >= 15 is 0 Å². The summed E-state index contributed by atoms with van der Waals surface area (Å²) in [6.07, 6.45) is 1.95. The van der Waals surface area contributed by atoms with Crippen LogP contribution < -0.4 is 0 Å². The van der Waals surface area contributed by atoms with E-state index in [-0.39, 0.29) is 23.8 Å². The van der Waals surface area contributed by atoms with Gasteiger partial charge in [-0.1, -0.05) is 6.92 Å². The molecule has 0 saturated carbocycles. The Hall–Kier alpha value is -3.67. The standard InChI is InChI=1S/C20H14F3N5O/c1-12(20(21,22)23)8-18-26-11-16(29-18)15-3-2-14(10-24)27-19(15)13-4-6-28-7-5-25-17(28)9-13/h2-7,9,11-12H,8H2,1H3. The molecule has 1 atom stereocenters. The summed E-state index contributed by atoms with van der Waals surface area (Å²) in [7, 11) is 0. The van der Waals surface area contributed by atoms with E-state index in [1.54, 1.807) is 30.7 Å². The number of fused-ring (bicyclic) bond motifs is 1. The molecule has 146 valence electrons. The van der Waals surface area contributed by atoms with Crippen LogP contribution in [0.1, 0.15) is 18.5 Å². The maximum atomic E-state index is 12.8. The van der Waals surface area contributed by atoms with Crippen LogP contribution in [0.3, 0.4) is 0 Å². The number of alkyl halides is 3. The predicted molar refractivity (Wildman–Crippen MR) is 97.6 cm³/mol. The zero-order valence-corrected chi connectivity index (χ0v) is 15.2. The Morgan fingerprint density at radius 2 is 2.03 bits per heavy atom. The van der Waals surface area contributed by atoms with Gasteiger partial charge < -0.3 is 8.82 Å². The van der Waals surface area contributed by atoms with E-state index in [0.717, 1.165) is 6.92 Å². The molecule has 0 radical (unpaired) electrons. The third-order valence-electron chi connectivity index (χ3n) is 4.54. The van der Waals surface area contributed by atoms with Crippen molar-refractivity contribution in [1.82, 2.24) is 19.4 Å². The van der Waals surface area contributed by atoms with Gasteiger partial charge in [-0.2, -0.15) is 18.4 Å². The lowest BCUT2D eigenvalue weighted by Gasteiger charge is -2.13. The van der Waals surface area contributed by atoms with Crippen molar-refractivity contribution in [2.75, 3.05) is 0 Å². The van der Waals surface area contributed by atoms with Crippen LogP contribution in [0.4, 0.5) is 13.2 Å². The molecule has 0 aliphatic heterocycles. The fourth-order valence-electron chi connectivity index (χ4n) is 2.90. The van der Waals surface area contributed by atoms with Crippen LogP contribution in [0.5, 0.6) is 0 Å². The van der Waals surface area contributed by atoms with Gasteiger partial charge in [-0.15, -0.1) is 0 Å². The molecule has 6 nitrogen and oxygen atoms in total. The average Bonchev–Trinajstić information content (AvgIpc) is 3.35. The van der Waals surface area contributed by atoms with E-state index in [4.69, 9.17) is 4.42 Å². The van der Waals surface area contributed by atoms with Crippen LogP contribution in [0.2, 0.25) is 0 Å². The first-order valence-corrected chi connectivity index (χ1v) is 8.71. The van der Waals surface area contributed by atoms with Gasteiger partial charge in [0, 0.05) is 36.1 Å². The van der Waals surface area contributed by atoms with Gasteiger partial charge in [0.2, 0.25) is 0 Å². The van der Waals surface area contributed by atoms with Crippen molar-refractivity contribution in [3.05, 3.63) is 60.6 Å². The minimum Gasteiger partial charge on any atom is -0.441 e. The van der Waals surface area contributed by atoms with Crippen LogP contribution in [0.15, 0.2) is 53.5 Å². The molecule has 29 heavy (non-hydrogen) atoms. The second-order valence-corrected chi connectivity index (χ2v) is 6.58. The first-order valence-electron chi connectivity index (χ1n) is 8.71. The summed E-state index contributed by atoms with van der Waals surface area (Å²) in [6.45, 7) is 1.08. The van der Waals surface area contributed by atoms with Crippen molar-refractivity contribution in [2.45, 2.75) is 19.5 Å². The molecule has 0 aromatic carbocycles. The fourth-order valence-corrected chi connectivity index (χ4v) is 2.90. The van der Waals surface area contributed by atoms with E-state index in [2.05, 4.69) is 15.0 Å². The predicted octanol–water partition coefficient (Wildman–Crippen LogP) is 4.66. The molecular formula is C20H14F3N5O. The van der Waals surface area contributed by atoms with Gasteiger partial charge in [0.15, 0.2) is 11.7 Å². The zero-order chi connectivity index (χ0) is 20.6. The zero-order valence-electron chi connectivity index (χ0n) is 15.2. The molecule has 4 heterocycles. The van der Waals surface area contributed by atoms with Crippen LogP contribution in [0.25, 0.3) is 28.2 Å². The van der Waals surface area contributed by atoms with Crippen LogP contribution >= 0.6 is 0 Å². The van der Waals surface area contributed by atoms with E-state index in [1.807, 2.05) is 16.5 Å². The molecule has 4 aromatic heterocycles. The maximum absolute atomic E-state index is 12.8. The van der Waals surface area contributed by atoms with E-state index in [1.165, 1.54) is 12.3 Å². The number of rotatable bonds is 4. The van der Waals surface area contributed by atoms with Gasteiger partial charge in [0.25, 0.3) is 0 Å². The lowest BCUT2D eigenvalue weighted by atomic mass is 10.0. The Morgan fingerprint density at radius 1 is 1.21 bits per heavy atom. The highest BCUT2D eigenvalue weighted by molar-refractivity contribution is 5.79. The van der Waals surface area contributed by atoms with Crippen molar-refractivity contribution in [1.29, 1.82) is 5.26 Å². The van der Waals surface area contributed by atoms with Gasteiger partial charge in [0.05, 0.1) is 17.8 Å². The van der Waals surface area contributed by atoms with Gasteiger partial charge in [0.1, 0.15) is 17.4 Å². The Bertz CT molecular complexity index is 1220. The molecule has 0 bridgehead atoms. The second kappa shape index (κ2) is 7.05. The highest BCUT2D eigenvalue weighted by Gasteiger charge is 2.36. The summed E-state index contributed by atoms with van der Waals surface area (Å²) in [5, 5.41) is 9.22. The number of nitriles is 1. The van der Waals surface area contributed by atoms with Gasteiger partial charge in [-0.05, 0) is 24.3 Å². The molecule has 9 heteroatoms. The van der Waals surface area contributed by atoms with Gasteiger partial charge in [-0.25, -0.2) is 15.0 Å². The number of hydrogen-bond acceptors (Lipinski definition) is 5. The fraction of sp³-hybridized carbons (Fsp3) is 0.200. The highest BCUT2D eigenvalue weighted by Crippen LogP contribution is 2.33. The number of aromatic nitrogens is 4. The molecule has 0 N–H and O–H groups in total. The Morgan fingerprint density at radius 3 is 2.79 bits per heavy atom. The lowest BCUT2D eigenvalue weighted by molar-refractivity contribution is -0.170. The maximum Gasteiger partial charge on any atom is 0.392 e. The lowest BCUT2D eigenvalue weighted by Crippen LogP contribution is -2.21. The molecule has 0 aliphatic rings. The van der Waals surface area contributed by atoms with Crippen molar-refractivity contribution in [3.8, 4) is 28.7 Å². The summed E-state index contributed by atoms with van der Waals surface area (Å²) in [5.74, 6) is -1.30. The van der Waals surface area contributed by atoms with Crippen LogP contribution in [0, 0.1) is 17.2 Å². The van der Waals surface area contributed by atoms with Crippen molar-refractivity contribution < 1.29 is 17.6 Å². The molecule has 0 saturated heterocycles. The molecule has 0 aliphatic carbocycles. The van der Waals surface area contributed by atoms with Crippen LogP contribution in [-0.4, -0.2) is 25.5 Å². The highest BCUT2D eigenvalue weighted by atomic mass is 19.4. The van der Waals surface area contributed by atoms with Gasteiger partial charge in [-0.3, -0.25) is 0 Å². The van der Waals surface area contributed by atoms with E-state index in [0.29, 0.717) is 22.5 Å². The van der Waals surface area contributed by atoms with Crippen molar-refractivity contribution in [3.63, 3.8) is 0 Å². The van der Waals surface area contributed by atoms with Crippen LogP contribution in [-0.2, 0) is 6.42 Å². The topological polar surface area (TPSA) is 80.0 Å². The number of hydrogen-bond donors (Lipinski definition) is 0. The number of imidazole rings is 1.